The van der Waals surface area contributed by atoms with Gasteiger partial charge in [0, 0.05) is 24.3 Å². The molecule has 3 heterocycles. The average Bonchev–Trinajstić information content (AvgIpc) is 3.36. The second kappa shape index (κ2) is 7.35. The van der Waals surface area contributed by atoms with Gasteiger partial charge in [0.05, 0.1) is 13.0 Å². The zero-order valence-electron chi connectivity index (χ0n) is 14.2. The highest BCUT2D eigenvalue weighted by atomic mass is 16.5. The van der Waals surface area contributed by atoms with E-state index in [0.717, 1.165) is 31.6 Å². The molecule has 0 spiro atoms. The Labute approximate surface area is 145 Å². The summed E-state index contributed by atoms with van der Waals surface area (Å²) in [5.74, 6) is 1.01. The summed E-state index contributed by atoms with van der Waals surface area (Å²) >= 11 is 0. The lowest BCUT2D eigenvalue weighted by Crippen LogP contribution is -2.37. The number of hydrogen-bond donors (Lipinski definition) is 2. The molecule has 2 fully saturated rings. The van der Waals surface area contributed by atoms with Crippen LogP contribution in [0.25, 0.3) is 11.6 Å². The molecular formula is C17H23N5O3. The summed E-state index contributed by atoms with van der Waals surface area (Å²) < 4.78 is 10.7. The molecule has 0 bridgehead atoms. The van der Waals surface area contributed by atoms with E-state index in [1.165, 1.54) is 19.3 Å². The van der Waals surface area contributed by atoms with Gasteiger partial charge in [-0.15, -0.1) is 0 Å². The van der Waals surface area contributed by atoms with Gasteiger partial charge in [0.2, 0.25) is 5.91 Å². The molecule has 0 aromatic carbocycles. The third kappa shape index (κ3) is 3.89. The number of amides is 1. The molecule has 1 atom stereocenters. The maximum atomic E-state index is 12.1. The molecule has 8 nitrogen and oxygen atoms in total. The number of nitrogens with one attached hydrogen (secondary N) is 2. The number of rotatable bonds is 5. The van der Waals surface area contributed by atoms with Crippen molar-refractivity contribution in [2.75, 3.05) is 13.2 Å². The molecule has 2 aliphatic rings. The van der Waals surface area contributed by atoms with Crippen LogP contribution in [-0.2, 0) is 16.0 Å². The van der Waals surface area contributed by atoms with E-state index in [1.807, 2.05) is 6.07 Å². The largest absolute Gasteiger partial charge is 0.381 e. The van der Waals surface area contributed by atoms with E-state index < -0.39 is 0 Å². The molecule has 0 radical (unpaired) electrons. The summed E-state index contributed by atoms with van der Waals surface area (Å²) in [7, 11) is 0. The van der Waals surface area contributed by atoms with Crippen LogP contribution >= 0.6 is 0 Å². The van der Waals surface area contributed by atoms with E-state index in [4.69, 9.17) is 9.26 Å². The number of ether oxygens (including phenoxy) is 1. The molecule has 1 saturated carbocycles. The van der Waals surface area contributed by atoms with E-state index >= 15 is 0 Å². The number of carbonyl (C=O) groups is 1. The molecular weight excluding hydrogens is 322 g/mol. The first kappa shape index (κ1) is 16.3. The summed E-state index contributed by atoms with van der Waals surface area (Å²) in [5, 5.41) is 14.2. The molecule has 2 N–H and O–H groups in total. The van der Waals surface area contributed by atoms with Crippen LogP contribution in [0.5, 0.6) is 0 Å². The van der Waals surface area contributed by atoms with E-state index in [-0.39, 0.29) is 18.4 Å². The lowest BCUT2D eigenvalue weighted by molar-refractivity contribution is -0.121. The maximum Gasteiger partial charge on any atom is 0.278 e. The fourth-order valence-corrected chi connectivity index (χ4v) is 3.53. The Morgan fingerprint density at radius 2 is 2.16 bits per heavy atom. The second-order valence-electron chi connectivity index (χ2n) is 6.86. The Balaban J connectivity index is 1.35. The summed E-state index contributed by atoms with van der Waals surface area (Å²) in [4.78, 5) is 16.4. The highest BCUT2D eigenvalue weighted by molar-refractivity contribution is 5.78. The Bertz CT molecular complexity index is 713. The molecule has 8 heteroatoms. The third-order valence-corrected chi connectivity index (χ3v) is 4.94. The standard InChI is InChI=1S/C17H23N5O3/c23-16(18-12-4-2-1-3-5-12)9-15-19-17(25-22-15)14-8-13(20-21-14)11-6-7-24-10-11/h8,11-12H,1-7,9-10H2,(H,18,23)(H,20,21). The minimum atomic E-state index is -0.0509. The third-order valence-electron chi connectivity index (χ3n) is 4.94. The summed E-state index contributed by atoms with van der Waals surface area (Å²) in [6, 6.07) is 2.20. The van der Waals surface area contributed by atoms with Crippen molar-refractivity contribution in [1.82, 2.24) is 25.7 Å². The fraction of sp³-hybridized carbons (Fsp3) is 0.647. The lowest BCUT2D eigenvalue weighted by atomic mass is 9.95. The molecule has 1 saturated heterocycles. The number of hydrogen-bond acceptors (Lipinski definition) is 6. The first-order chi connectivity index (χ1) is 12.3. The number of aromatic amines is 1. The number of nitrogens with zero attached hydrogens (tertiary/aromatic N) is 3. The van der Waals surface area contributed by atoms with Crippen LogP contribution in [0, 0.1) is 0 Å². The number of H-pyrrole nitrogens is 1. The minimum Gasteiger partial charge on any atom is -0.381 e. The molecule has 25 heavy (non-hydrogen) atoms. The van der Waals surface area contributed by atoms with E-state index in [2.05, 4.69) is 25.7 Å². The topological polar surface area (TPSA) is 106 Å². The van der Waals surface area contributed by atoms with Crippen LogP contribution in [0.2, 0.25) is 0 Å². The molecule has 1 aliphatic heterocycles. The molecule has 4 rings (SSSR count). The van der Waals surface area contributed by atoms with Gasteiger partial charge in [-0.2, -0.15) is 10.1 Å². The summed E-state index contributed by atoms with van der Waals surface area (Å²) in [6.07, 6.45) is 6.87. The van der Waals surface area contributed by atoms with E-state index in [1.54, 1.807) is 0 Å². The first-order valence-corrected chi connectivity index (χ1v) is 9.03. The van der Waals surface area contributed by atoms with Crippen LogP contribution in [-0.4, -0.2) is 45.5 Å². The van der Waals surface area contributed by atoms with Crippen molar-refractivity contribution in [2.45, 2.75) is 56.9 Å². The molecule has 2 aromatic rings. The molecule has 1 unspecified atom stereocenters. The van der Waals surface area contributed by atoms with E-state index in [0.29, 0.717) is 29.9 Å². The number of aromatic nitrogens is 4. The number of carbonyl (C=O) groups excluding carboxylic acids is 1. The SMILES string of the molecule is O=C(Cc1noc(-c2cc(C3CCOC3)[nH]n2)n1)NC1CCCCC1. The van der Waals surface area contributed by atoms with E-state index in [9.17, 15) is 4.79 Å². The van der Waals surface area contributed by atoms with Crippen molar-refractivity contribution >= 4 is 5.91 Å². The predicted molar refractivity (Wildman–Crippen MR) is 88.8 cm³/mol. The van der Waals surface area contributed by atoms with Gasteiger partial charge in [0.25, 0.3) is 5.89 Å². The molecule has 134 valence electrons. The van der Waals surface area contributed by atoms with Crippen molar-refractivity contribution in [3.63, 3.8) is 0 Å². The molecule has 2 aromatic heterocycles. The minimum absolute atomic E-state index is 0.0509. The predicted octanol–water partition coefficient (Wildman–Crippen LogP) is 1.95. The van der Waals surface area contributed by atoms with Gasteiger partial charge in [0.1, 0.15) is 0 Å². The molecule has 1 aliphatic carbocycles. The first-order valence-electron chi connectivity index (χ1n) is 9.03. The van der Waals surface area contributed by atoms with Gasteiger partial charge in [-0.1, -0.05) is 24.4 Å². The van der Waals surface area contributed by atoms with Crippen LogP contribution in [0.4, 0.5) is 0 Å². The highest BCUT2D eigenvalue weighted by Crippen LogP contribution is 2.26. The highest BCUT2D eigenvalue weighted by Gasteiger charge is 2.22. The zero-order valence-corrected chi connectivity index (χ0v) is 14.2. The Kier molecular flexibility index (Phi) is 4.78. The van der Waals surface area contributed by atoms with Gasteiger partial charge < -0.3 is 14.6 Å². The summed E-state index contributed by atoms with van der Waals surface area (Å²) in [6.45, 7) is 1.48. The fourth-order valence-electron chi connectivity index (χ4n) is 3.53. The smallest absolute Gasteiger partial charge is 0.278 e. The Morgan fingerprint density at radius 3 is 2.96 bits per heavy atom. The van der Waals surface area contributed by atoms with Gasteiger partial charge in [-0.25, -0.2) is 0 Å². The van der Waals surface area contributed by atoms with Crippen LogP contribution in [0.3, 0.4) is 0 Å². The van der Waals surface area contributed by atoms with Crippen LogP contribution in [0.1, 0.15) is 56.0 Å². The van der Waals surface area contributed by atoms with Crippen molar-refractivity contribution in [3.8, 4) is 11.6 Å². The van der Waals surface area contributed by atoms with Gasteiger partial charge in [-0.05, 0) is 25.3 Å². The van der Waals surface area contributed by atoms with Crippen molar-refractivity contribution in [1.29, 1.82) is 0 Å². The van der Waals surface area contributed by atoms with Crippen molar-refractivity contribution in [3.05, 3.63) is 17.6 Å². The van der Waals surface area contributed by atoms with Gasteiger partial charge in [-0.3, -0.25) is 9.89 Å². The quantitative estimate of drug-likeness (QED) is 0.858. The maximum absolute atomic E-state index is 12.1. The van der Waals surface area contributed by atoms with Gasteiger partial charge in [0.15, 0.2) is 11.5 Å². The second-order valence-corrected chi connectivity index (χ2v) is 6.86. The van der Waals surface area contributed by atoms with Crippen LogP contribution < -0.4 is 5.32 Å². The van der Waals surface area contributed by atoms with Crippen molar-refractivity contribution < 1.29 is 14.1 Å². The average molecular weight is 345 g/mol. The van der Waals surface area contributed by atoms with Gasteiger partial charge >= 0.3 is 0 Å². The van der Waals surface area contributed by atoms with Crippen molar-refractivity contribution in [2.24, 2.45) is 0 Å². The zero-order chi connectivity index (χ0) is 17.1. The Hall–Kier alpha value is -2.22. The lowest BCUT2D eigenvalue weighted by Gasteiger charge is -2.22. The summed E-state index contributed by atoms with van der Waals surface area (Å²) in [5.41, 5.74) is 1.62. The van der Waals surface area contributed by atoms with Crippen LogP contribution in [0.15, 0.2) is 10.6 Å². The Morgan fingerprint density at radius 1 is 1.28 bits per heavy atom. The normalized spacial score (nSPS) is 21.5. The monoisotopic (exact) mass is 345 g/mol. The molecule has 1 amide bonds.